The number of halogens is 1. The Labute approximate surface area is 126 Å². The minimum Gasteiger partial charge on any atom is -0.508 e. The van der Waals surface area contributed by atoms with Crippen LogP contribution in [0.2, 0.25) is 0 Å². The SMILES string of the molecule is Cc1cc(NC(=O)c2cccc(C)c2Br)c(C)cc1O. The fraction of sp³-hybridized carbons (Fsp3) is 0.188. The second-order valence-corrected chi connectivity index (χ2v) is 5.64. The van der Waals surface area contributed by atoms with Crippen molar-refractivity contribution in [1.82, 2.24) is 0 Å². The molecule has 0 bridgehead atoms. The Bertz CT molecular complexity index is 680. The van der Waals surface area contributed by atoms with Crippen LogP contribution < -0.4 is 5.32 Å². The molecule has 2 aromatic rings. The van der Waals surface area contributed by atoms with Crippen LogP contribution in [-0.4, -0.2) is 11.0 Å². The van der Waals surface area contributed by atoms with Gasteiger partial charge < -0.3 is 10.4 Å². The monoisotopic (exact) mass is 333 g/mol. The zero-order valence-corrected chi connectivity index (χ0v) is 13.2. The van der Waals surface area contributed by atoms with Gasteiger partial charge in [-0.3, -0.25) is 4.79 Å². The first-order valence-corrected chi connectivity index (χ1v) is 7.06. The maximum absolute atomic E-state index is 12.3. The van der Waals surface area contributed by atoms with Crippen molar-refractivity contribution in [2.45, 2.75) is 20.8 Å². The number of phenolic OH excluding ortho intramolecular Hbond substituents is 1. The van der Waals surface area contributed by atoms with Crippen LogP contribution in [0.25, 0.3) is 0 Å². The summed E-state index contributed by atoms with van der Waals surface area (Å²) in [6.45, 7) is 5.59. The molecule has 104 valence electrons. The number of aryl methyl sites for hydroxylation is 3. The summed E-state index contributed by atoms with van der Waals surface area (Å²) in [6.07, 6.45) is 0. The molecule has 2 rings (SSSR count). The molecule has 0 spiro atoms. The molecule has 1 amide bonds. The normalized spacial score (nSPS) is 10.4. The Balaban J connectivity index is 2.33. The number of nitrogens with one attached hydrogen (secondary N) is 1. The molecule has 0 aliphatic carbocycles. The van der Waals surface area contributed by atoms with Crippen molar-refractivity contribution in [3.63, 3.8) is 0 Å². The minimum absolute atomic E-state index is 0.172. The van der Waals surface area contributed by atoms with Crippen LogP contribution in [0.4, 0.5) is 5.69 Å². The van der Waals surface area contributed by atoms with Gasteiger partial charge in [0.2, 0.25) is 0 Å². The fourth-order valence-corrected chi connectivity index (χ4v) is 2.39. The summed E-state index contributed by atoms with van der Waals surface area (Å²) >= 11 is 3.44. The fourth-order valence-electron chi connectivity index (χ4n) is 1.95. The maximum atomic E-state index is 12.3. The van der Waals surface area contributed by atoms with E-state index in [1.54, 1.807) is 25.1 Å². The van der Waals surface area contributed by atoms with E-state index < -0.39 is 0 Å². The number of rotatable bonds is 2. The molecule has 4 heteroatoms. The molecule has 3 nitrogen and oxygen atoms in total. The highest BCUT2D eigenvalue weighted by Crippen LogP contribution is 2.27. The maximum Gasteiger partial charge on any atom is 0.256 e. The summed E-state index contributed by atoms with van der Waals surface area (Å²) in [5.41, 5.74) is 3.87. The van der Waals surface area contributed by atoms with E-state index in [-0.39, 0.29) is 11.7 Å². The lowest BCUT2D eigenvalue weighted by Gasteiger charge is -2.12. The van der Waals surface area contributed by atoms with Crippen molar-refractivity contribution in [2.75, 3.05) is 5.32 Å². The van der Waals surface area contributed by atoms with E-state index in [9.17, 15) is 9.90 Å². The third kappa shape index (κ3) is 2.85. The number of carbonyl (C=O) groups is 1. The highest BCUT2D eigenvalue weighted by atomic mass is 79.9. The Morgan fingerprint density at radius 2 is 1.80 bits per heavy atom. The summed E-state index contributed by atoms with van der Waals surface area (Å²) < 4.78 is 0.797. The molecule has 0 aromatic heterocycles. The van der Waals surface area contributed by atoms with Gasteiger partial charge in [-0.1, -0.05) is 12.1 Å². The average Bonchev–Trinajstić information content (AvgIpc) is 2.39. The third-order valence-electron chi connectivity index (χ3n) is 3.23. The van der Waals surface area contributed by atoms with E-state index in [1.165, 1.54) is 0 Å². The number of anilines is 1. The third-order valence-corrected chi connectivity index (χ3v) is 4.28. The van der Waals surface area contributed by atoms with Gasteiger partial charge in [0.1, 0.15) is 5.75 Å². The van der Waals surface area contributed by atoms with E-state index in [0.717, 1.165) is 21.2 Å². The standard InChI is InChI=1S/C16H16BrNO2/c1-9-5-4-6-12(15(9)17)16(20)18-13-7-11(3)14(19)8-10(13)2/h4-8,19H,1-3H3,(H,18,20). The zero-order chi connectivity index (χ0) is 14.9. The van der Waals surface area contributed by atoms with Gasteiger partial charge in [0.05, 0.1) is 5.56 Å². The molecule has 0 unspecified atom stereocenters. The molecule has 0 atom stereocenters. The van der Waals surface area contributed by atoms with Gasteiger partial charge in [0, 0.05) is 10.2 Å². The van der Waals surface area contributed by atoms with Gasteiger partial charge in [-0.25, -0.2) is 0 Å². The summed E-state index contributed by atoms with van der Waals surface area (Å²) in [7, 11) is 0. The van der Waals surface area contributed by atoms with E-state index in [0.29, 0.717) is 11.3 Å². The lowest BCUT2D eigenvalue weighted by Crippen LogP contribution is -2.14. The van der Waals surface area contributed by atoms with Gasteiger partial charge >= 0.3 is 0 Å². The highest BCUT2D eigenvalue weighted by molar-refractivity contribution is 9.10. The van der Waals surface area contributed by atoms with Crippen LogP contribution in [0.15, 0.2) is 34.8 Å². The van der Waals surface area contributed by atoms with Crippen LogP contribution in [0.3, 0.4) is 0 Å². The van der Waals surface area contributed by atoms with Crippen LogP contribution in [0.1, 0.15) is 27.0 Å². The Hall–Kier alpha value is -1.81. The lowest BCUT2D eigenvalue weighted by molar-refractivity contribution is 0.102. The summed E-state index contributed by atoms with van der Waals surface area (Å²) in [5, 5.41) is 12.5. The van der Waals surface area contributed by atoms with Gasteiger partial charge in [-0.05, 0) is 71.6 Å². The summed E-state index contributed by atoms with van der Waals surface area (Å²) in [4.78, 5) is 12.3. The van der Waals surface area contributed by atoms with Crippen LogP contribution in [-0.2, 0) is 0 Å². The number of aromatic hydroxyl groups is 1. The van der Waals surface area contributed by atoms with Crippen LogP contribution in [0.5, 0.6) is 5.75 Å². The van der Waals surface area contributed by atoms with E-state index >= 15 is 0 Å². The van der Waals surface area contributed by atoms with Crippen molar-refractivity contribution < 1.29 is 9.90 Å². The van der Waals surface area contributed by atoms with Crippen molar-refractivity contribution >= 4 is 27.5 Å². The van der Waals surface area contributed by atoms with Crippen molar-refractivity contribution in [2.24, 2.45) is 0 Å². The quantitative estimate of drug-likeness (QED) is 0.803. The van der Waals surface area contributed by atoms with Gasteiger partial charge in [-0.2, -0.15) is 0 Å². The molecular weight excluding hydrogens is 318 g/mol. The summed E-state index contributed by atoms with van der Waals surface area (Å²) in [6, 6.07) is 8.98. The van der Waals surface area contributed by atoms with Crippen molar-refractivity contribution in [3.05, 3.63) is 57.1 Å². The number of phenols is 1. The molecule has 0 saturated heterocycles. The van der Waals surface area contributed by atoms with Crippen LogP contribution >= 0.6 is 15.9 Å². The molecule has 2 aromatic carbocycles. The average molecular weight is 334 g/mol. The second-order valence-electron chi connectivity index (χ2n) is 4.84. The Morgan fingerprint density at radius 3 is 2.50 bits per heavy atom. The van der Waals surface area contributed by atoms with Crippen LogP contribution in [0, 0.1) is 20.8 Å². The molecule has 20 heavy (non-hydrogen) atoms. The van der Waals surface area contributed by atoms with Gasteiger partial charge in [0.15, 0.2) is 0 Å². The summed E-state index contributed by atoms with van der Waals surface area (Å²) in [5.74, 6) is 0.0611. The smallest absolute Gasteiger partial charge is 0.256 e. The first-order valence-electron chi connectivity index (χ1n) is 6.27. The van der Waals surface area contributed by atoms with E-state index in [4.69, 9.17) is 0 Å². The predicted molar refractivity (Wildman–Crippen MR) is 84.4 cm³/mol. The first-order chi connectivity index (χ1) is 9.40. The number of hydrogen-bond donors (Lipinski definition) is 2. The van der Waals surface area contributed by atoms with Crippen molar-refractivity contribution in [1.29, 1.82) is 0 Å². The topological polar surface area (TPSA) is 49.3 Å². The van der Waals surface area contributed by atoms with Gasteiger partial charge in [-0.15, -0.1) is 0 Å². The minimum atomic E-state index is -0.172. The zero-order valence-electron chi connectivity index (χ0n) is 11.6. The Kier molecular flexibility index (Phi) is 4.14. The number of amides is 1. The van der Waals surface area contributed by atoms with E-state index in [2.05, 4.69) is 21.2 Å². The number of hydrogen-bond acceptors (Lipinski definition) is 2. The molecule has 0 fully saturated rings. The molecule has 0 aliphatic heterocycles. The number of carbonyl (C=O) groups excluding carboxylic acids is 1. The van der Waals surface area contributed by atoms with E-state index in [1.807, 2.05) is 26.0 Å². The second kappa shape index (κ2) is 5.67. The molecule has 0 radical (unpaired) electrons. The molecule has 0 heterocycles. The molecule has 2 N–H and O–H groups in total. The van der Waals surface area contributed by atoms with Gasteiger partial charge in [0.25, 0.3) is 5.91 Å². The highest BCUT2D eigenvalue weighted by Gasteiger charge is 2.13. The lowest BCUT2D eigenvalue weighted by atomic mass is 10.1. The number of benzene rings is 2. The van der Waals surface area contributed by atoms with Crippen molar-refractivity contribution in [3.8, 4) is 5.75 Å². The molecule has 0 saturated carbocycles. The first kappa shape index (κ1) is 14.6. The Morgan fingerprint density at radius 1 is 1.10 bits per heavy atom. The largest absolute Gasteiger partial charge is 0.508 e. The molecular formula is C16H16BrNO2. The molecule has 0 aliphatic rings. The predicted octanol–water partition coefficient (Wildman–Crippen LogP) is 4.33.